The van der Waals surface area contributed by atoms with Crippen molar-refractivity contribution in [3.05, 3.63) is 125 Å². The van der Waals surface area contributed by atoms with E-state index in [0.717, 1.165) is 15.9 Å². The third-order valence-corrected chi connectivity index (χ3v) is 11.9. The lowest BCUT2D eigenvalue weighted by molar-refractivity contribution is 0.525. The molecule has 2 unspecified atom stereocenters. The zero-order valence-corrected chi connectivity index (χ0v) is 26.1. The zero-order valence-electron chi connectivity index (χ0n) is 24.5. The van der Waals surface area contributed by atoms with Crippen molar-refractivity contribution in [2.75, 3.05) is 11.6 Å². The van der Waals surface area contributed by atoms with E-state index >= 15 is 0 Å². The Morgan fingerprint density at radius 1 is 1.02 bits per heavy atom. The molecule has 1 aliphatic carbocycles. The quantitative estimate of drug-likeness (QED) is 0.259. The average Bonchev–Trinajstić information content (AvgIpc) is 3.62. The summed E-state index contributed by atoms with van der Waals surface area (Å²) in [5, 5.41) is 8.21. The summed E-state index contributed by atoms with van der Waals surface area (Å²) < 4.78 is 55.7. The summed E-state index contributed by atoms with van der Waals surface area (Å²) in [5.74, 6) is -0.757. The second kappa shape index (κ2) is 10.5. The van der Waals surface area contributed by atoms with Crippen LogP contribution in [0.1, 0.15) is 30.9 Å². The topological polar surface area (TPSA) is 136 Å². The number of allylic oxidation sites excluding steroid dienone is 3. The highest BCUT2D eigenvalue weighted by Gasteiger charge is 2.51. The first kappa shape index (κ1) is 29.4. The average molecular weight is 630 g/mol. The van der Waals surface area contributed by atoms with Crippen molar-refractivity contribution in [2.24, 2.45) is 7.05 Å². The first-order chi connectivity index (χ1) is 20.8. The van der Waals surface area contributed by atoms with Gasteiger partial charge in [-0.25, -0.2) is 20.8 Å². The Morgan fingerprint density at radius 2 is 1.77 bits per heavy atom. The van der Waals surface area contributed by atoms with Crippen LogP contribution in [0.5, 0.6) is 0 Å². The fraction of sp³-hybridized carbons (Fsp3) is 0.188. The molecule has 12 heteroatoms. The second-order valence-electron chi connectivity index (χ2n) is 11.2. The minimum absolute atomic E-state index is 0.0384. The monoisotopic (exact) mass is 629 g/mol. The van der Waals surface area contributed by atoms with Crippen LogP contribution in [0.15, 0.2) is 113 Å². The van der Waals surface area contributed by atoms with Gasteiger partial charge in [0.05, 0.1) is 11.1 Å². The summed E-state index contributed by atoms with van der Waals surface area (Å²) in [6, 6.07) is 17.6. The maximum absolute atomic E-state index is 14.7. The van der Waals surface area contributed by atoms with E-state index in [1.165, 1.54) is 12.4 Å². The number of anilines is 2. The van der Waals surface area contributed by atoms with Gasteiger partial charge in [-0.3, -0.25) is 9.48 Å². The van der Waals surface area contributed by atoms with E-state index < -0.39 is 36.1 Å². The van der Waals surface area contributed by atoms with E-state index in [1.54, 1.807) is 74.4 Å². The third kappa shape index (κ3) is 4.80. The molecule has 226 valence electrons. The lowest BCUT2D eigenvalue weighted by Gasteiger charge is -2.39. The van der Waals surface area contributed by atoms with E-state index in [9.17, 15) is 21.6 Å². The van der Waals surface area contributed by atoms with Gasteiger partial charge >= 0.3 is 0 Å². The normalized spacial score (nSPS) is 19.0. The number of H-pyrrole nitrogens is 1. The number of nitrogens with zero attached hydrogens (tertiary/aromatic N) is 3. The number of pyridine rings is 1. The van der Waals surface area contributed by atoms with Gasteiger partial charge in [0.15, 0.2) is 9.84 Å². The van der Waals surface area contributed by atoms with Crippen molar-refractivity contribution < 1.29 is 16.8 Å². The molecule has 3 heterocycles. The number of benzene rings is 2. The largest absolute Gasteiger partial charge is 0.355 e. The Labute approximate surface area is 255 Å². The molecular weight excluding hydrogens is 599 g/mol. The second-order valence-corrected chi connectivity index (χ2v) is 15.4. The van der Waals surface area contributed by atoms with Gasteiger partial charge in [0.1, 0.15) is 10.3 Å². The fourth-order valence-corrected chi connectivity index (χ4v) is 8.50. The van der Waals surface area contributed by atoms with Crippen LogP contribution >= 0.6 is 0 Å². The SMILES string of the molecule is CC1=CC(c2cc(S(C)(=O)=O)ccc2Nc2ccccc2)=CC(c2cnn(C)c2)C1(C)S(=O)(=O)n1ccc2cc[nH]c(=O)c21. The van der Waals surface area contributed by atoms with Crippen molar-refractivity contribution in [1.29, 1.82) is 0 Å². The first-order valence-electron chi connectivity index (χ1n) is 13.8. The molecule has 0 amide bonds. The van der Waals surface area contributed by atoms with Crippen LogP contribution in [0.2, 0.25) is 0 Å². The molecule has 0 spiro atoms. The van der Waals surface area contributed by atoms with Gasteiger partial charge in [0.2, 0.25) is 10.0 Å². The smallest absolute Gasteiger partial charge is 0.273 e. The molecule has 0 fully saturated rings. The van der Waals surface area contributed by atoms with Crippen LogP contribution in [0.25, 0.3) is 16.5 Å². The molecular formula is C32H31N5O5S2. The van der Waals surface area contributed by atoms with E-state index in [-0.39, 0.29) is 10.4 Å². The molecule has 0 saturated heterocycles. The summed E-state index contributed by atoms with van der Waals surface area (Å²) in [7, 11) is -6.06. The van der Waals surface area contributed by atoms with Crippen LogP contribution in [0.3, 0.4) is 0 Å². The molecule has 3 aromatic heterocycles. The predicted molar refractivity (Wildman–Crippen MR) is 172 cm³/mol. The molecule has 2 atom stereocenters. The molecule has 10 nitrogen and oxygen atoms in total. The van der Waals surface area contributed by atoms with E-state index in [1.807, 2.05) is 36.4 Å². The number of aryl methyl sites for hydroxylation is 1. The van der Waals surface area contributed by atoms with Gasteiger partial charge in [0.25, 0.3) is 5.56 Å². The van der Waals surface area contributed by atoms with Gasteiger partial charge < -0.3 is 10.3 Å². The Bertz CT molecular complexity index is 2260. The number of sulfone groups is 1. The van der Waals surface area contributed by atoms with Crippen LogP contribution in [-0.2, 0) is 26.9 Å². The molecule has 0 bridgehead atoms. The van der Waals surface area contributed by atoms with Crippen LogP contribution in [0, 0.1) is 0 Å². The Morgan fingerprint density at radius 3 is 2.45 bits per heavy atom. The summed E-state index contributed by atoms with van der Waals surface area (Å²) in [6.07, 6.45) is 11.0. The molecule has 1 aliphatic rings. The van der Waals surface area contributed by atoms with Crippen LogP contribution < -0.4 is 10.9 Å². The van der Waals surface area contributed by atoms with Crippen molar-refractivity contribution in [2.45, 2.75) is 29.4 Å². The van der Waals surface area contributed by atoms with E-state index in [0.29, 0.717) is 33.3 Å². The van der Waals surface area contributed by atoms with Gasteiger partial charge in [-0.1, -0.05) is 30.4 Å². The number of fused-ring (bicyclic) bond motifs is 1. The minimum Gasteiger partial charge on any atom is -0.355 e. The predicted octanol–water partition coefficient (Wildman–Crippen LogP) is 4.97. The number of aromatic amines is 1. The van der Waals surface area contributed by atoms with Crippen LogP contribution in [0.4, 0.5) is 11.4 Å². The third-order valence-electron chi connectivity index (χ3n) is 8.33. The highest BCUT2D eigenvalue weighted by Crippen LogP contribution is 2.49. The molecule has 44 heavy (non-hydrogen) atoms. The summed E-state index contributed by atoms with van der Waals surface area (Å²) >= 11 is 0. The number of nitrogens with one attached hydrogen (secondary N) is 2. The highest BCUT2D eigenvalue weighted by molar-refractivity contribution is 7.91. The molecule has 0 radical (unpaired) electrons. The summed E-state index contributed by atoms with van der Waals surface area (Å²) in [4.78, 5) is 15.5. The van der Waals surface area contributed by atoms with E-state index in [4.69, 9.17) is 0 Å². The maximum Gasteiger partial charge on any atom is 0.273 e. The van der Waals surface area contributed by atoms with E-state index in [2.05, 4.69) is 15.4 Å². The summed E-state index contributed by atoms with van der Waals surface area (Å²) in [5.41, 5.74) is 3.36. The minimum atomic E-state index is -4.27. The van der Waals surface area contributed by atoms with Crippen molar-refractivity contribution >= 4 is 47.7 Å². The van der Waals surface area contributed by atoms with Gasteiger partial charge in [-0.2, -0.15) is 5.10 Å². The van der Waals surface area contributed by atoms with Crippen molar-refractivity contribution in [3.8, 4) is 0 Å². The Kier molecular flexibility index (Phi) is 7.01. The Hall–Kier alpha value is -4.68. The maximum atomic E-state index is 14.7. The van der Waals surface area contributed by atoms with Gasteiger partial charge in [-0.05, 0) is 73.0 Å². The highest BCUT2D eigenvalue weighted by atomic mass is 32.2. The van der Waals surface area contributed by atoms with Gasteiger partial charge in [-0.15, -0.1) is 0 Å². The first-order valence-corrected chi connectivity index (χ1v) is 17.1. The van der Waals surface area contributed by atoms with Crippen molar-refractivity contribution in [1.82, 2.24) is 18.7 Å². The zero-order chi connectivity index (χ0) is 31.4. The molecule has 5 aromatic rings. The van der Waals surface area contributed by atoms with Crippen LogP contribution in [-0.4, -0.2) is 46.6 Å². The lowest BCUT2D eigenvalue weighted by atomic mass is 9.76. The fourth-order valence-electron chi connectivity index (χ4n) is 5.81. The number of rotatable bonds is 7. The molecule has 6 rings (SSSR count). The summed E-state index contributed by atoms with van der Waals surface area (Å²) in [6.45, 7) is 3.40. The Balaban J connectivity index is 1.58. The molecule has 2 N–H and O–H groups in total. The number of aromatic nitrogens is 4. The number of hydrogen-bond acceptors (Lipinski definition) is 7. The van der Waals surface area contributed by atoms with Gasteiger partial charge in [0, 0.05) is 60.1 Å². The number of para-hydroxylation sites is 1. The molecule has 2 aromatic carbocycles. The molecule has 0 saturated carbocycles. The number of hydrogen-bond donors (Lipinski definition) is 2. The molecule has 0 aliphatic heterocycles. The lowest BCUT2D eigenvalue weighted by Crippen LogP contribution is -2.46. The standard InChI is InChI=1S/C32H31N5O5S2/c1-21-16-23(27-18-26(43(4,39)40)10-11-29(27)35-25-8-6-5-7-9-25)17-28(24-19-34-36(3)20-24)32(21,2)44(41,42)37-15-13-22-12-14-33-31(38)30(22)37/h5-20,28,35H,1-4H3,(H,33,38). The van der Waals surface area contributed by atoms with Crippen molar-refractivity contribution in [3.63, 3.8) is 0 Å².